The summed E-state index contributed by atoms with van der Waals surface area (Å²) < 4.78 is 0. The van der Waals surface area contributed by atoms with E-state index in [0.29, 0.717) is 6.54 Å². The maximum Gasteiger partial charge on any atom is 0.245 e. The Labute approximate surface area is 103 Å². The lowest BCUT2D eigenvalue weighted by Crippen LogP contribution is -2.51. The second-order valence-corrected chi connectivity index (χ2v) is 4.15. The number of carbonyl (C=O) groups excluding carboxylic acids is 2. The third-order valence-corrected chi connectivity index (χ3v) is 2.80. The minimum absolute atomic E-state index is 0.0605. The largest absolute Gasteiger partial charge is 0.395 e. The molecule has 0 saturated carbocycles. The van der Waals surface area contributed by atoms with Crippen LogP contribution < -0.4 is 5.32 Å². The average Bonchev–Trinajstić information content (AvgIpc) is 2.27. The van der Waals surface area contributed by atoms with Gasteiger partial charge in [0.15, 0.2) is 0 Å². The van der Waals surface area contributed by atoms with Crippen molar-refractivity contribution in [2.24, 2.45) is 0 Å². The van der Waals surface area contributed by atoms with Crippen molar-refractivity contribution < 1.29 is 14.7 Å². The molecule has 0 aliphatic carbocycles. The van der Waals surface area contributed by atoms with E-state index in [0.717, 1.165) is 12.8 Å². The van der Waals surface area contributed by atoms with Crippen LogP contribution in [-0.2, 0) is 9.59 Å². The molecule has 5 nitrogen and oxygen atoms in total. The highest BCUT2D eigenvalue weighted by Gasteiger charge is 2.25. The zero-order chi connectivity index (χ0) is 13.4. The molecule has 17 heavy (non-hydrogen) atoms. The van der Waals surface area contributed by atoms with Gasteiger partial charge in [-0.25, -0.2) is 0 Å². The molecule has 2 amide bonds. The molecule has 1 unspecified atom stereocenters. The van der Waals surface area contributed by atoms with Crippen LogP contribution in [0.25, 0.3) is 0 Å². The van der Waals surface area contributed by atoms with Crippen molar-refractivity contribution in [2.45, 2.75) is 52.6 Å². The molecule has 2 N–H and O–H groups in total. The van der Waals surface area contributed by atoms with E-state index in [1.54, 1.807) is 11.8 Å². The van der Waals surface area contributed by atoms with E-state index < -0.39 is 6.04 Å². The number of rotatable bonds is 7. The van der Waals surface area contributed by atoms with Crippen molar-refractivity contribution in [3.63, 3.8) is 0 Å². The minimum atomic E-state index is -0.542. The molecule has 0 rings (SSSR count). The van der Waals surface area contributed by atoms with Gasteiger partial charge in [-0.05, 0) is 19.8 Å². The van der Waals surface area contributed by atoms with Gasteiger partial charge in [-0.3, -0.25) is 9.59 Å². The zero-order valence-corrected chi connectivity index (χ0v) is 11.2. The normalized spacial score (nSPS) is 12.4. The van der Waals surface area contributed by atoms with Gasteiger partial charge < -0.3 is 15.3 Å². The first kappa shape index (κ1) is 15.9. The molecule has 0 heterocycles. The number of aliphatic hydroxyl groups is 1. The smallest absolute Gasteiger partial charge is 0.245 e. The monoisotopic (exact) mass is 244 g/mol. The first-order valence-electron chi connectivity index (χ1n) is 6.16. The van der Waals surface area contributed by atoms with Crippen LogP contribution in [0.4, 0.5) is 0 Å². The van der Waals surface area contributed by atoms with Gasteiger partial charge in [-0.15, -0.1) is 0 Å². The lowest BCUT2D eigenvalue weighted by Gasteiger charge is -2.32. The van der Waals surface area contributed by atoms with Gasteiger partial charge in [-0.2, -0.15) is 0 Å². The topological polar surface area (TPSA) is 69.6 Å². The zero-order valence-electron chi connectivity index (χ0n) is 11.2. The van der Waals surface area contributed by atoms with Crippen molar-refractivity contribution >= 4 is 11.8 Å². The van der Waals surface area contributed by atoms with Crippen LogP contribution in [0.15, 0.2) is 0 Å². The van der Waals surface area contributed by atoms with E-state index in [9.17, 15) is 9.59 Å². The van der Waals surface area contributed by atoms with Crippen molar-refractivity contribution in [3.8, 4) is 0 Å². The van der Waals surface area contributed by atoms with E-state index in [4.69, 9.17) is 5.11 Å². The average molecular weight is 244 g/mol. The van der Waals surface area contributed by atoms with Crippen molar-refractivity contribution in [1.82, 2.24) is 10.2 Å². The van der Waals surface area contributed by atoms with E-state index in [-0.39, 0.29) is 24.5 Å². The predicted octanol–water partition coefficient (Wildman–Crippen LogP) is 0.520. The number of aliphatic hydroxyl groups excluding tert-OH is 1. The summed E-state index contributed by atoms with van der Waals surface area (Å²) in [4.78, 5) is 24.7. The third kappa shape index (κ3) is 5.17. The molecule has 0 aromatic carbocycles. The molecule has 0 aromatic heterocycles. The minimum Gasteiger partial charge on any atom is -0.395 e. The lowest BCUT2D eigenvalue weighted by atomic mass is 10.1. The standard InChI is InChI=1S/C12H24N2O3/c1-5-11(6-2)14(7-8-15)12(17)9(3)13-10(4)16/h9,11,15H,5-8H2,1-4H3,(H,13,16). The second kappa shape index (κ2) is 8.06. The Bertz CT molecular complexity index is 252. The molecular weight excluding hydrogens is 220 g/mol. The van der Waals surface area contributed by atoms with Gasteiger partial charge >= 0.3 is 0 Å². The van der Waals surface area contributed by atoms with Crippen LogP contribution in [-0.4, -0.2) is 47.1 Å². The molecule has 0 saturated heterocycles. The van der Waals surface area contributed by atoms with Crippen molar-refractivity contribution in [3.05, 3.63) is 0 Å². The first-order chi connectivity index (χ1) is 7.97. The molecule has 0 fully saturated rings. The van der Waals surface area contributed by atoms with Crippen molar-refractivity contribution in [2.75, 3.05) is 13.2 Å². The van der Waals surface area contributed by atoms with Gasteiger partial charge in [0.2, 0.25) is 11.8 Å². The Morgan fingerprint density at radius 2 is 1.82 bits per heavy atom. The summed E-state index contributed by atoms with van der Waals surface area (Å²) in [5.41, 5.74) is 0. The predicted molar refractivity (Wildman–Crippen MR) is 66.4 cm³/mol. The summed E-state index contributed by atoms with van der Waals surface area (Å²) in [6, 6.07) is -0.425. The van der Waals surface area contributed by atoms with Gasteiger partial charge in [0.1, 0.15) is 6.04 Å². The van der Waals surface area contributed by atoms with E-state index in [1.165, 1.54) is 6.92 Å². The second-order valence-electron chi connectivity index (χ2n) is 4.15. The summed E-state index contributed by atoms with van der Waals surface area (Å²) in [6.45, 7) is 7.32. The van der Waals surface area contributed by atoms with Crippen molar-refractivity contribution in [1.29, 1.82) is 0 Å². The Morgan fingerprint density at radius 1 is 1.29 bits per heavy atom. The molecule has 0 spiro atoms. The fraction of sp³-hybridized carbons (Fsp3) is 0.833. The van der Waals surface area contributed by atoms with E-state index in [1.807, 2.05) is 13.8 Å². The highest BCUT2D eigenvalue weighted by atomic mass is 16.3. The SMILES string of the molecule is CCC(CC)N(CCO)C(=O)C(C)NC(C)=O. The van der Waals surface area contributed by atoms with Crippen LogP contribution in [0.2, 0.25) is 0 Å². The summed E-state index contributed by atoms with van der Waals surface area (Å²) in [5, 5.41) is 11.6. The molecule has 0 aromatic rings. The van der Waals surface area contributed by atoms with Gasteiger partial charge in [0.25, 0.3) is 0 Å². The third-order valence-electron chi connectivity index (χ3n) is 2.80. The lowest BCUT2D eigenvalue weighted by molar-refractivity contribution is -0.138. The number of hydrogen-bond donors (Lipinski definition) is 2. The maximum atomic E-state index is 12.1. The van der Waals surface area contributed by atoms with Crippen LogP contribution in [0.1, 0.15) is 40.5 Å². The number of amides is 2. The molecule has 0 aliphatic heterocycles. The Hall–Kier alpha value is -1.10. The fourth-order valence-electron chi connectivity index (χ4n) is 1.93. The van der Waals surface area contributed by atoms with E-state index in [2.05, 4.69) is 5.32 Å². The summed E-state index contributed by atoms with van der Waals surface area (Å²) >= 11 is 0. The summed E-state index contributed by atoms with van der Waals surface area (Å²) in [7, 11) is 0. The number of nitrogens with zero attached hydrogens (tertiary/aromatic N) is 1. The number of carbonyl (C=O) groups is 2. The number of hydrogen-bond acceptors (Lipinski definition) is 3. The molecule has 1 atom stereocenters. The highest BCUT2D eigenvalue weighted by Crippen LogP contribution is 2.10. The first-order valence-corrected chi connectivity index (χ1v) is 6.16. The molecule has 100 valence electrons. The highest BCUT2D eigenvalue weighted by molar-refractivity contribution is 5.86. The molecule has 0 bridgehead atoms. The van der Waals surface area contributed by atoms with Gasteiger partial charge in [0, 0.05) is 19.5 Å². The van der Waals surface area contributed by atoms with Gasteiger partial charge in [-0.1, -0.05) is 13.8 Å². The Morgan fingerprint density at radius 3 is 2.18 bits per heavy atom. The molecular formula is C12H24N2O3. The Kier molecular flexibility index (Phi) is 7.54. The van der Waals surface area contributed by atoms with Crippen LogP contribution in [0, 0.1) is 0 Å². The number of nitrogens with one attached hydrogen (secondary N) is 1. The maximum absolute atomic E-state index is 12.1. The van der Waals surface area contributed by atoms with Crippen LogP contribution in [0.3, 0.4) is 0 Å². The molecule has 0 radical (unpaired) electrons. The summed E-state index contributed by atoms with van der Waals surface area (Å²) in [5.74, 6) is -0.359. The fourth-order valence-corrected chi connectivity index (χ4v) is 1.93. The van der Waals surface area contributed by atoms with E-state index >= 15 is 0 Å². The molecule has 0 aliphatic rings. The quantitative estimate of drug-likeness (QED) is 0.686. The summed E-state index contributed by atoms with van der Waals surface area (Å²) in [6.07, 6.45) is 1.68. The van der Waals surface area contributed by atoms with Crippen LogP contribution in [0.5, 0.6) is 0 Å². The van der Waals surface area contributed by atoms with Crippen LogP contribution >= 0.6 is 0 Å². The van der Waals surface area contributed by atoms with Gasteiger partial charge in [0.05, 0.1) is 6.61 Å². The molecule has 5 heteroatoms. The Balaban J connectivity index is 4.67.